The number of carbonyl (C=O) groups excluding carboxylic acids is 1. The van der Waals surface area contributed by atoms with Gasteiger partial charge < -0.3 is 10.4 Å². The maximum Gasteiger partial charge on any atom is 0.329 e. The molecular weight excluding hydrogens is 316 g/mol. The lowest BCUT2D eigenvalue weighted by Gasteiger charge is -2.36. The van der Waals surface area contributed by atoms with E-state index in [0.717, 1.165) is 18.9 Å². The molecule has 1 aromatic rings. The van der Waals surface area contributed by atoms with E-state index in [1.807, 2.05) is 0 Å². The fourth-order valence-electron chi connectivity index (χ4n) is 3.61. The monoisotopic (exact) mass is 337 g/mol. The molecule has 6 heteroatoms. The zero-order chi connectivity index (χ0) is 17.5. The molecule has 0 heterocycles. The molecule has 0 saturated heterocycles. The number of nitrogens with one attached hydrogen (secondary N) is 1. The number of hydrogen-bond acceptors (Lipinski definition) is 2. The van der Waals surface area contributed by atoms with E-state index in [1.54, 1.807) is 0 Å². The molecule has 1 aromatic carbocycles. The lowest BCUT2D eigenvalue weighted by molar-refractivity contribution is -0.150. The summed E-state index contributed by atoms with van der Waals surface area (Å²) < 4.78 is 27.2. The van der Waals surface area contributed by atoms with E-state index in [4.69, 9.17) is 0 Å². The van der Waals surface area contributed by atoms with E-state index in [2.05, 4.69) is 12.2 Å². The quantitative estimate of drug-likeness (QED) is 0.886. The van der Waals surface area contributed by atoms with Gasteiger partial charge in [-0.3, -0.25) is 4.79 Å². The maximum absolute atomic E-state index is 13.8. The van der Waals surface area contributed by atoms with Gasteiger partial charge >= 0.3 is 5.97 Å². The molecule has 2 saturated carbocycles. The Labute approximate surface area is 139 Å². The predicted octanol–water partition coefficient (Wildman–Crippen LogP) is 3.22. The second-order valence-electron chi connectivity index (χ2n) is 7.15. The Kier molecular flexibility index (Phi) is 4.32. The Balaban J connectivity index is 1.69. The molecule has 3 rings (SSSR count). The van der Waals surface area contributed by atoms with Crippen molar-refractivity contribution in [2.24, 2.45) is 11.8 Å². The summed E-state index contributed by atoms with van der Waals surface area (Å²) in [4.78, 5) is 24.1. The fraction of sp³-hybridized carbons (Fsp3) is 0.556. The second-order valence-corrected chi connectivity index (χ2v) is 7.15. The minimum absolute atomic E-state index is 0.191. The zero-order valence-electron chi connectivity index (χ0n) is 13.5. The van der Waals surface area contributed by atoms with E-state index >= 15 is 0 Å². The van der Waals surface area contributed by atoms with Crippen molar-refractivity contribution in [3.63, 3.8) is 0 Å². The summed E-state index contributed by atoms with van der Waals surface area (Å²) in [5.41, 5.74) is -1.03. The minimum Gasteiger partial charge on any atom is -0.480 e. The highest BCUT2D eigenvalue weighted by molar-refractivity contribution is 5.90. The van der Waals surface area contributed by atoms with Crippen LogP contribution >= 0.6 is 0 Å². The topological polar surface area (TPSA) is 66.4 Å². The molecule has 0 bridgehead atoms. The Morgan fingerprint density at radius 1 is 1.25 bits per heavy atom. The molecule has 2 fully saturated rings. The Morgan fingerprint density at radius 3 is 2.54 bits per heavy atom. The molecule has 0 aromatic heterocycles. The highest BCUT2D eigenvalue weighted by Gasteiger charge is 2.50. The first-order valence-electron chi connectivity index (χ1n) is 8.33. The molecule has 0 radical (unpaired) electrons. The number of benzene rings is 1. The molecule has 24 heavy (non-hydrogen) atoms. The molecule has 0 spiro atoms. The molecule has 2 unspecified atom stereocenters. The number of carboxylic acid groups (broad SMARTS) is 1. The molecule has 2 aliphatic carbocycles. The molecule has 2 atom stereocenters. The average Bonchev–Trinajstić information content (AvgIpc) is 3.33. The molecule has 2 N–H and O–H groups in total. The number of halogens is 2. The third-order valence-electron chi connectivity index (χ3n) is 5.41. The summed E-state index contributed by atoms with van der Waals surface area (Å²) in [5, 5.41) is 12.3. The standard InChI is InChI=1S/C18H21F2NO3/c1-10-5-7-18(8-6-10,17(23)24)21-16(22)13-9-12(13)11-3-2-4-14(19)15(11)20/h2-4,10,12-13H,5-9H2,1H3,(H,21,22)(H,23,24). The molecule has 0 aliphatic heterocycles. The highest BCUT2D eigenvalue weighted by atomic mass is 19.2. The Bertz CT molecular complexity index is 668. The largest absolute Gasteiger partial charge is 0.480 e. The van der Waals surface area contributed by atoms with E-state index in [0.29, 0.717) is 25.2 Å². The summed E-state index contributed by atoms with van der Waals surface area (Å²) in [6.07, 6.45) is 2.72. The van der Waals surface area contributed by atoms with Crippen molar-refractivity contribution in [2.75, 3.05) is 0 Å². The van der Waals surface area contributed by atoms with Gasteiger partial charge in [0.15, 0.2) is 11.6 Å². The van der Waals surface area contributed by atoms with Crippen molar-refractivity contribution in [1.29, 1.82) is 0 Å². The van der Waals surface area contributed by atoms with Gasteiger partial charge in [0.1, 0.15) is 5.54 Å². The van der Waals surface area contributed by atoms with Crippen molar-refractivity contribution < 1.29 is 23.5 Å². The zero-order valence-corrected chi connectivity index (χ0v) is 13.5. The lowest BCUT2D eigenvalue weighted by atomic mass is 9.77. The summed E-state index contributed by atoms with van der Waals surface area (Å²) in [5.74, 6) is -3.66. The van der Waals surface area contributed by atoms with E-state index in [1.165, 1.54) is 12.1 Å². The van der Waals surface area contributed by atoms with E-state index in [9.17, 15) is 23.5 Å². The van der Waals surface area contributed by atoms with Crippen LogP contribution in [0.3, 0.4) is 0 Å². The van der Waals surface area contributed by atoms with Crippen LogP contribution in [0.1, 0.15) is 50.5 Å². The first-order chi connectivity index (χ1) is 11.3. The van der Waals surface area contributed by atoms with Crippen LogP contribution in [0.2, 0.25) is 0 Å². The summed E-state index contributed by atoms with van der Waals surface area (Å²) in [6, 6.07) is 3.94. The van der Waals surface area contributed by atoms with Gasteiger partial charge in [-0.15, -0.1) is 0 Å². The predicted molar refractivity (Wildman–Crippen MR) is 83.3 cm³/mol. The van der Waals surface area contributed by atoms with Gasteiger partial charge in [-0.1, -0.05) is 19.1 Å². The van der Waals surface area contributed by atoms with Crippen LogP contribution in [0.5, 0.6) is 0 Å². The fourth-order valence-corrected chi connectivity index (χ4v) is 3.61. The van der Waals surface area contributed by atoms with Gasteiger partial charge in [0.25, 0.3) is 0 Å². The van der Waals surface area contributed by atoms with Crippen LogP contribution in [0.4, 0.5) is 8.78 Å². The van der Waals surface area contributed by atoms with Crippen LogP contribution < -0.4 is 5.32 Å². The number of rotatable bonds is 4. The van der Waals surface area contributed by atoms with Crippen molar-refractivity contribution in [1.82, 2.24) is 5.32 Å². The van der Waals surface area contributed by atoms with Crippen molar-refractivity contribution in [3.05, 3.63) is 35.4 Å². The van der Waals surface area contributed by atoms with Crippen LogP contribution in [-0.4, -0.2) is 22.5 Å². The Hall–Kier alpha value is -1.98. The summed E-state index contributed by atoms with van der Waals surface area (Å²) in [6.45, 7) is 2.07. The average molecular weight is 337 g/mol. The van der Waals surface area contributed by atoms with Gasteiger partial charge in [-0.05, 0) is 55.6 Å². The number of hydrogen-bond donors (Lipinski definition) is 2. The van der Waals surface area contributed by atoms with Crippen LogP contribution in [0.25, 0.3) is 0 Å². The third kappa shape index (κ3) is 3.01. The number of carbonyl (C=O) groups is 2. The maximum atomic E-state index is 13.8. The smallest absolute Gasteiger partial charge is 0.329 e. The first kappa shape index (κ1) is 16.9. The lowest BCUT2D eigenvalue weighted by Crippen LogP contribution is -2.56. The van der Waals surface area contributed by atoms with Crippen LogP contribution in [-0.2, 0) is 9.59 Å². The molecule has 4 nitrogen and oxygen atoms in total. The number of amides is 1. The van der Waals surface area contributed by atoms with Crippen molar-refractivity contribution in [2.45, 2.75) is 50.5 Å². The second kappa shape index (κ2) is 6.15. The molecular formula is C18H21F2NO3. The molecule has 2 aliphatic rings. The SMILES string of the molecule is CC1CCC(NC(=O)C2CC2c2cccc(F)c2F)(C(=O)O)CC1. The third-order valence-corrected chi connectivity index (χ3v) is 5.41. The first-order valence-corrected chi connectivity index (χ1v) is 8.33. The Morgan fingerprint density at radius 2 is 1.92 bits per heavy atom. The highest BCUT2D eigenvalue weighted by Crippen LogP contribution is 2.49. The normalized spacial score (nSPS) is 32.2. The number of carboxylic acids is 1. The molecule has 130 valence electrons. The van der Waals surface area contributed by atoms with E-state index in [-0.39, 0.29) is 17.4 Å². The van der Waals surface area contributed by atoms with Gasteiger partial charge in [0.05, 0.1) is 0 Å². The van der Waals surface area contributed by atoms with E-state index < -0.39 is 29.1 Å². The van der Waals surface area contributed by atoms with Crippen LogP contribution in [0, 0.1) is 23.5 Å². The van der Waals surface area contributed by atoms with Gasteiger partial charge in [-0.2, -0.15) is 0 Å². The van der Waals surface area contributed by atoms with Gasteiger partial charge in [0.2, 0.25) is 5.91 Å². The van der Waals surface area contributed by atoms with Gasteiger partial charge in [-0.25, -0.2) is 13.6 Å². The summed E-state index contributed by atoms with van der Waals surface area (Å²) >= 11 is 0. The van der Waals surface area contributed by atoms with Crippen LogP contribution in [0.15, 0.2) is 18.2 Å². The summed E-state index contributed by atoms with van der Waals surface area (Å²) in [7, 11) is 0. The number of aliphatic carboxylic acids is 1. The van der Waals surface area contributed by atoms with Crippen molar-refractivity contribution in [3.8, 4) is 0 Å². The molecule has 1 amide bonds. The van der Waals surface area contributed by atoms with Gasteiger partial charge in [0, 0.05) is 5.92 Å². The minimum atomic E-state index is -1.22. The van der Waals surface area contributed by atoms with Crippen molar-refractivity contribution >= 4 is 11.9 Å².